The highest BCUT2D eigenvalue weighted by atomic mass is 35.5. The number of ether oxygens (including phenoxy) is 1. The molecule has 2 N–H and O–H groups in total. The number of Topliss-reactive ketones (excluding diaryl/α,β-unsaturated/α-hetero) is 1. The highest BCUT2D eigenvalue weighted by Gasteiger charge is 2.28. The van der Waals surface area contributed by atoms with Crippen LogP contribution in [0.25, 0.3) is 22.2 Å². The van der Waals surface area contributed by atoms with E-state index in [1.54, 1.807) is 24.3 Å². The molecule has 174 valence electrons. The van der Waals surface area contributed by atoms with Crippen molar-refractivity contribution in [2.24, 2.45) is 0 Å². The lowest BCUT2D eigenvalue weighted by molar-refractivity contribution is -0.135. The number of hydrogen-bond acceptors (Lipinski definition) is 5. The van der Waals surface area contributed by atoms with Crippen LogP contribution in [0.3, 0.4) is 0 Å². The quantitative estimate of drug-likeness (QED) is 0.273. The molecule has 1 aromatic heterocycles. The topological polar surface area (TPSA) is 105 Å². The van der Waals surface area contributed by atoms with Gasteiger partial charge in [-0.1, -0.05) is 54.6 Å². The number of esters is 1. The van der Waals surface area contributed by atoms with Crippen LogP contribution in [-0.4, -0.2) is 38.3 Å². The van der Waals surface area contributed by atoms with Crippen LogP contribution in [0.4, 0.5) is 0 Å². The highest BCUT2D eigenvalue weighted by Crippen LogP contribution is 2.35. The summed E-state index contributed by atoms with van der Waals surface area (Å²) in [6, 6.07) is 9.13. The number of methoxy groups -OCH3 is 1. The number of aromatic nitrogens is 1. The Bertz CT molecular complexity index is 1340. The number of sulfonamides is 1. The van der Waals surface area contributed by atoms with Gasteiger partial charge in [0.1, 0.15) is 4.90 Å². The largest absolute Gasteiger partial charge is 0.463 e. The second-order valence-electron chi connectivity index (χ2n) is 7.99. The number of fused-ring (bicyclic) bond motifs is 1. The molecule has 10 heteroatoms. The van der Waals surface area contributed by atoms with Gasteiger partial charge in [0.2, 0.25) is 10.0 Å². The van der Waals surface area contributed by atoms with Gasteiger partial charge in [-0.05, 0) is 37.1 Å². The van der Waals surface area contributed by atoms with E-state index in [0.29, 0.717) is 21.5 Å². The third kappa shape index (κ3) is 4.80. The van der Waals surface area contributed by atoms with Gasteiger partial charge in [-0.25, -0.2) is 17.9 Å². The first-order valence-electron chi connectivity index (χ1n) is 10.5. The van der Waals surface area contributed by atoms with Crippen molar-refractivity contribution in [1.29, 1.82) is 0 Å². The van der Waals surface area contributed by atoms with E-state index in [1.807, 2.05) is 0 Å². The molecule has 4 rings (SSSR count). The molecule has 1 aliphatic rings. The molecular formula is C23H22Cl2N2O5S. The van der Waals surface area contributed by atoms with Crippen molar-refractivity contribution in [1.82, 2.24) is 9.71 Å². The summed E-state index contributed by atoms with van der Waals surface area (Å²) in [4.78, 5) is 27.9. The van der Waals surface area contributed by atoms with Gasteiger partial charge in [-0.15, -0.1) is 0 Å². The summed E-state index contributed by atoms with van der Waals surface area (Å²) in [7, 11) is -2.78. The van der Waals surface area contributed by atoms with Crippen LogP contribution < -0.4 is 4.72 Å². The van der Waals surface area contributed by atoms with Crippen molar-refractivity contribution in [3.63, 3.8) is 0 Å². The van der Waals surface area contributed by atoms with Crippen LogP contribution in [0.2, 0.25) is 10.0 Å². The molecule has 1 heterocycles. The zero-order valence-electron chi connectivity index (χ0n) is 17.8. The van der Waals surface area contributed by atoms with Crippen LogP contribution in [0.15, 0.2) is 41.3 Å². The fourth-order valence-electron chi connectivity index (χ4n) is 4.18. The molecule has 0 radical (unpaired) electrons. The summed E-state index contributed by atoms with van der Waals surface area (Å²) in [6.45, 7) is 0. The summed E-state index contributed by atoms with van der Waals surface area (Å²) in [5, 5.41) is 0.954. The summed E-state index contributed by atoms with van der Waals surface area (Å²) in [6.07, 6.45) is 4.58. The van der Waals surface area contributed by atoms with Crippen LogP contribution in [0.1, 0.15) is 42.5 Å². The lowest BCUT2D eigenvalue weighted by Crippen LogP contribution is -2.36. The molecular weight excluding hydrogens is 487 g/mol. The molecule has 1 aliphatic carbocycles. The summed E-state index contributed by atoms with van der Waals surface area (Å²) in [5.74, 6) is -1.89. The first-order chi connectivity index (χ1) is 15.7. The normalized spacial score (nSPS) is 15.0. The van der Waals surface area contributed by atoms with Gasteiger partial charge in [0.05, 0.1) is 23.4 Å². The Morgan fingerprint density at radius 1 is 1.06 bits per heavy atom. The predicted molar refractivity (Wildman–Crippen MR) is 127 cm³/mol. The fraction of sp³-hybridized carbons (Fsp3) is 0.304. The molecule has 0 spiro atoms. The standard InChI is InChI=1S/C23H22Cl2N2O5S/c1-32-23(29)22(28)20-16-9-8-14(24)12-18(16)26-21(20)13-7-10-17(25)19(11-13)33(30,31)27-15-5-3-2-4-6-15/h7-12,15,26-27H,2-6H2,1H3. The van der Waals surface area contributed by atoms with Crippen molar-refractivity contribution in [3.05, 3.63) is 52.0 Å². The molecule has 3 aromatic rings. The number of rotatable bonds is 6. The average molecular weight is 509 g/mol. The average Bonchev–Trinajstić information content (AvgIpc) is 3.17. The first kappa shape index (κ1) is 23.8. The number of benzene rings is 2. The van der Waals surface area contributed by atoms with Gasteiger partial charge < -0.3 is 9.72 Å². The number of nitrogens with one attached hydrogen (secondary N) is 2. The molecule has 0 saturated heterocycles. The maximum Gasteiger partial charge on any atom is 0.379 e. The van der Waals surface area contributed by atoms with Crippen molar-refractivity contribution >= 4 is 55.9 Å². The zero-order valence-corrected chi connectivity index (χ0v) is 20.1. The van der Waals surface area contributed by atoms with Gasteiger partial charge in [-0.3, -0.25) is 4.79 Å². The first-order valence-corrected chi connectivity index (χ1v) is 12.7. The van der Waals surface area contributed by atoms with E-state index < -0.39 is 21.8 Å². The Morgan fingerprint density at radius 2 is 1.79 bits per heavy atom. The number of halogens is 2. The van der Waals surface area contributed by atoms with Gasteiger partial charge in [0, 0.05) is 27.5 Å². The minimum atomic E-state index is -3.91. The second-order valence-corrected chi connectivity index (χ2v) is 10.5. The maximum atomic E-state index is 13.1. The molecule has 0 amide bonds. The van der Waals surface area contributed by atoms with Crippen LogP contribution >= 0.6 is 23.2 Å². The van der Waals surface area contributed by atoms with Crippen LogP contribution in [0.5, 0.6) is 0 Å². The number of carbonyl (C=O) groups is 2. The number of aromatic amines is 1. The number of carbonyl (C=O) groups excluding carboxylic acids is 2. The Morgan fingerprint density at radius 3 is 2.48 bits per heavy atom. The lowest BCUT2D eigenvalue weighted by Gasteiger charge is -2.23. The molecule has 1 fully saturated rings. The van der Waals surface area contributed by atoms with E-state index in [-0.39, 0.29) is 27.2 Å². The highest BCUT2D eigenvalue weighted by molar-refractivity contribution is 7.89. The molecule has 33 heavy (non-hydrogen) atoms. The van der Waals surface area contributed by atoms with Crippen LogP contribution in [-0.2, 0) is 19.6 Å². The van der Waals surface area contributed by atoms with E-state index in [1.165, 1.54) is 12.1 Å². The molecule has 0 bridgehead atoms. The van der Waals surface area contributed by atoms with Crippen molar-refractivity contribution < 1.29 is 22.7 Å². The Hall–Kier alpha value is -2.39. The lowest BCUT2D eigenvalue weighted by atomic mass is 9.96. The monoisotopic (exact) mass is 508 g/mol. The van der Waals surface area contributed by atoms with E-state index in [9.17, 15) is 18.0 Å². The summed E-state index contributed by atoms with van der Waals surface area (Å²) < 4.78 is 33.6. The number of H-pyrrole nitrogens is 1. The summed E-state index contributed by atoms with van der Waals surface area (Å²) in [5.41, 5.74) is 1.24. The molecule has 0 unspecified atom stereocenters. The smallest absolute Gasteiger partial charge is 0.379 e. The van der Waals surface area contributed by atoms with Crippen molar-refractivity contribution in [3.8, 4) is 11.3 Å². The van der Waals surface area contributed by atoms with Gasteiger partial charge in [0.25, 0.3) is 5.78 Å². The van der Waals surface area contributed by atoms with E-state index in [0.717, 1.165) is 39.2 Å². The maximum absolute atomic E-state index is 13.1. The number of ketones is 1. The molecule has 2 aromatic carbocycles. The van der Waals surface area contributed by atoms with Gasteiger partial charge in [0.15, 0.2) is 0 Å². The Balaban J connectivity index is 1.83. The van der Waals surface area contributed by atoms with Crippen LogP contribution in [0, 0.1) is 0 Å². The molecule has 0 aliphatic heterocycles. The number of hydrogen-bond donors (Lipinski definition) is 2. The fourth-order valence-corrected chi connectivity index (χ4v) is 6.19. The van der Waals surface area contributed by atoms with E-state index >= 15 is 0 Å². The van der Waals surface area contributed by atoms with Crippen molar-refractivity contribution in [2.75, 3.05) is 7.11 Å². The Labute approximate surface area is 201 Å². The van der Waals surface area contributed by atoms with E-state index in [4.69, 9.17) is 23.2 Å². The third-order valence-electron chi connectivity index (χ3n) is 5.79. The Kier molecular flexibility index (Phi) is 6.81. The second kappa shape index (κ2) is 9.46. The molecule has 0 atom stereocenters. The van der Waals surface area contributed by atoms with Gasteiger partial charge >= 0.3 is 5.97 Å². The third-order valence-corrected chi connectivity index (χ3v) is 8.03. The SMILES string of the molecule is COC(=O)C(=O)c1c(-c2ccc(Cl)c(S(=O)(=O)NC3CCCCC3)c2)[nH]c2cc(Cl)ccc12. The van der Waals surface area contributed by atoms with Crippen molar-refractivity contribution in [2.45, 2.75) is 43.0 Å². The molecule has 1 saturated carbocycles. The van der Waals surface area contributed by atoms with Gasteiger partial charge in [-0.2, -0.15) is 0 Å². The predicted octanol–water partition coefficient (Wildman–Crippen LogP) is 5.11. The zero-order chi connectivity index (χ0) is 23.8. The minimum Gasteiger partial charge on any atom is -0.463 e. The molecule has 7 nitrogen and oxygen atoms in total. The summed E-state index contributed by atoms with van der Waals surface area (Å²) >= 11 is 12.4. The van der Waals surface area contributed by atoms with E-state index in [2.05, 4.69) is 14.4 Å². The minimum absolute atomic E-state index is 0.0575.